The normalized spacial score (nSPS) is 9.08. The molecule has 1 heterocycles. The number of aryl methyl sites for hydroxylation is 1. The van der Waals surface area contributed by atoms with Crippen molar-refractivity contribution in [2.75, 3.05) is 11.9 Å². The Bertz CT molecular complexity index is 317. The summed E-state index contributed by atoms with van der Waals surface area (Å²) in [6, 6.07) is 0. The van der Waals surface area contributed by atoms with Gasteiger partial charge in [0, 0.05) is 0 Å². The Kier molecular flexibility index (Phi) is 2.59. The van der Waals surface area contributed by atoms with Gasteiger partial charge in [-0.2, -0.15) is 0 Å². The molecule has 0 aliphatic rings. The predicted molar refractivity (Wildman–Crippen MR) is 44.0 cm³/mol. The molecule has 0 bridgehead atoms. The summed E-state index contributed by atoms with van der Waals surface area (Å²) >= 11 is 0. The molecule has 1 rings (SSSR count). The van der Waals surface area contributed by atoms with Gasteiger partial charge in [-0.1, -0.05) is 5.92 Å². The number of nitrogens with zero attached hydrogens (tertiary/aromatic N) is 2. The van der Waals surface area contributed by atoms with Crippen LogP contribution in [-0.2, 0) is 0 Å². The van der Waals surface area contributed by atoms with Crippen LogP contribution in [0.15, 0.2) is 6.33 Å². The molecule has 0 aromatic carbocycles. The third-order valence-corrected chi connectivity index (χ3v) is 1.32. The fourth-order valence-electron chi connectivity index (χ4n) is 0.716. The van der Waals surface area contributed by atoms with E-state index in [0.29, 0.717) is 5.69 Å². The third-order valence-electron chi connectivity index (χ3n) is 1.32. The zero-order valence-corrected chi connectivity index (χ0v) is 6.63. The second-order valence-corrected chi connectivity index (χ2v) is 2.18. The standard InChI is InChI=1S/C8H8FN3/c1-3-4-10-8-7(9)6(2)11-5-12-8/h1,5H,4H2,2H3,(H,10,11,12). The number of nitrogens with one attached hydrogen (secondary N) is 1. The van der Waals surface area contributed by atoms with Crippen LogP contribution in [-0.4, -0.2) is 16.5 Å². The SMILES string of the molecule is C#CCNc1ncnc(C)c1F. The van der Waals surface area contributed by atoms with Crippen LogP contribution in [0.25, 0.3) is 0 Å². The van der Waals surface area contributed by atoms with Crippen molar-refractivity contribution in [3.8, 4) is 12.3 Å². The van der Waals surface area contributed by atoms with Crippen LogP contribution in [0.5, 0.6) is 0 Å². The van der Waals surface area contributed by atoms with Crippen LogP contribution in [0.3, 0.4) is 0 Å². The highest BCUT2D eigenvalue weighted by atomic mass is 19.1. The third kappa shape index (κ3) is 1.70. The van der Waals surface area contributed by atoms with Crippen molar-refractivity contribution in [3.63, 3.8) is 0 Å². The van der Waals surface area contributed by atoms with E-state index in [4.69, 9.17) is 6.42 Å². The molecule has 3 nitrogen and oxygen atoms in total. The Morgan fingerprint density at radius 3 is 3.08 bits per heavy atom. The van der Waals surface area contributed by atoms with Gasteiger partial charge in [-0.05, 0) is 6.92 Å². The van der Waals surface area contributed by atoms with Crippen LogP contribution in [0.1, 0.15) is 5.69 Å². The van der Waals surface area contributed by atoms with Crippen molar-refractivity contribution in [2.45, 2.75) is 6.92 Å². The molecule has 1 aromatic rings. The largest absolute Gasteiger partial charge is 0.357 e. The van der Waals surface area contributed by atoms with E-state index in [-0.39, 0.29) is 12.4 Å². The minimum atomic E-state index is -0.451. The van der Waals surface area contributed by atoms with Gasteiger partial charge in [0.1, 0.15) is 6.33 Å². The van der Waals surface area contributed by atoms with Gasteiger partial charge in [0.05, 0.1) is 12.2 Å². The molecular weight excluding hydrogens is 157 g/mol. The van der Waals surface area contributed by atoms with Gasteiger partial charge < -0.3 is 5.32 Å². The Morgan fingerprint density at radius 2 is 2.42 bits per heavy atom. The molecule has 0 saturated carbocycles. The topological polar surface area (TPSA) is 37.8 Å². The lowest BCUT2D eigenvalue weighted by atomic mass is 10.4. The van der Waals surface area contributed by atoms with Gasteiger partial charge in [0.2, 0.25) is 0 Å². The molecule has 1 aromatic heterocycles. The molecule has 12 heavy (non-hydrogen) atoms. The molecule has 0 unspecified atom stereocenters. The first-order chi connectivity index (χ1) is 5.75. The maximum atomic E-state index is 13.1. The highest BCUT2D eigenvalue weighted by molar-refractivity contribution is 5.37. The van der Waals surface area contributed by atoms with Gasteiger partial charge in [0.15, 0.2) is 11.6 Å². The van der Waals surface area contributed by atoms with Crippen LogP contribution in [0.4, 0.5) is 10.2 Å². The van der Waals surface area contributed by atoms with Crippen molar-refractivity contribution in [1.82, 2.24) is 9.97 Å². The smallest absolute Gasteiger partial charge is 0.186 e. The molecular formula is C8H8FN3. The van der Waals surface area contributed by atoms with Crippen molar-refractivity contribution < 1.29 is 4.39 Å². The molecule has 1 N–H and O–H groups in total. The number of terminal acetylenes is 1. The summed E-state index contributed by atoms with van der Waals surface area (Å²) in [7, 11) is 0. The predicted octanol–water partition coefficient (Wildman–Crippen LogP) is 0.969. The average molecular weight is 165 g/mol. The molecule has 62 valence electrons. The highest BCUT2D eigenvalue weighted by Crippen LogP contribution is 2.10. The molecule has 0 fully saturated rings. The van der Waals surface area contributed by atoms with Gasteiger partial charge in [-0.15, -0.1) is 6.42 Å². The monoisotopic (exact) mass is 165 g/mol. The molecule has 0 spiro atoms. The van der Waals surface area contributed by atoms with Gasteiger partial charge in [-0.3, -0.25) is 0 Å². The van der Waals surface area contributed by atoms with E-state index in [1.807, 2.05) is 0 Å². The second kappa shape index (κ2) is 3.67. The number of hydrogen-bond donors (Lipinski definition) is 1. The Balaban J connectivity index is 2.86. The maximum absolute atomic E-state index is 13.1. The lowest BCUT2D eigenvalue weighted by Gasteiger charge is -2.02. The summed E-state index contributed by atoms with van der Waals surface area (Å²) in [6.45, 7) is 1.82. The Hall–Kier alpha value is -1.63. The van der Waals surface area contributed by atoms with E-state index in [0.717, 1.165) is 0 Å². The lowest BCUT2D eigenvalue weighted by molar-refractivity contribution is 0.605. The van der Waals surface area contributed by atoms with Crippen LogP contribution in [0, 0.1) is 25.1 Å². The van der Waals surface area contributed by atoms with E-state index in [9.17, 15) is 4.39 Å². The van der Waals surface area contributed by atoms with Crippen molar-refractivity contribution in [3.05, 3.63) is 17.8 Å². The van der Waals surface area contributed by atoms with Gasteiger partial charge in [0.25, 0.3) is 0 Å². The van der Waals surface area contributed by atoms with Crippen LogP contribution >= 0.6 is 0 Å². The molecule has 0 saturated heterocycles. The number of halogens is 1. The van der Waals surface area contributed by atoms with E-state index < -0.39 is 5.82 Å². The number of rotatable bonds is 2. The molecule has 0 amide bonds. The summed E-state index contributed by atoms with van der Waals surface area (Å²) in [5.41, 5.74) is 0.310. The first-order valence-corrected chi connectivity index (χ1v) is 3.40. The lowest BCUT2D eigenvalue weighted by Crippen LogP contribution is -2.05. The molecule has 0 atom stereocenters. The summed E-state index contributed by atoms with van der Waals surface area (Å²) in [5, 5.41) is 2.64. The Morgan fingerprint density at radius 1 is 1.67 bits per heavy atom. The number of aromatic nitrogens is 2. The van der Waals surface area contributed by atoms with E-state index in [1.165, 1.54) is 6.33 Å². The van der Waals surface area contributed by atoms with Gasteiger partial charge in [-0.25, -0.2) is 14.4 Å². The highest BCUT2D eigenvalue weighted by Gasteiger charge is 2.04. The van der Waals surface area contributed by atoms with Crippen LogP contribution in [0.2, 0.25) is 0 Å². The van der Waals surface area contributed by atoms with Gasteiger partial charge >= 0.3 is 0 Å². The summed E-state index contributed by atoms with van der Waals surface area (Å²) in [4.78, 5) is 7.35. The fourth-order valence-corrected chi connectivity index (χ4v) is 0.716. The first-order valence-electron chi connectivity index (χ1n) is 3.40. The molecule has 0 aliphatic heterocycles. The van der Waals surface area contributed by atoms with Crippen molar-refractivity contribution >= 4 is 5.82 Å². The average Bonchev–Trinajstić information content (AvgIpc) is 2.08. The van der Waals surface area contributed by atoms with Crippen LogP contribution < -0.4 is 5.32 Å². The summed E-state index contributed by atoms with van der Waals surface area (Å²) < 4.78 is 13.1. The maximum Gasteiger partial charge on any atom is 0.186 e. The molecule has 4 heteroatoms. The minimum Gasteiger partial charge on any atom is -0.357 e. The summed E-state index contributed by atoms with van der Waals surface area (Å²) in [6.07, 6.45) is 6.28. The quantitative estimate of drug-likeness (QED) is 0.663. The Labute approximate surface area is 70.0 Å². The summed E-state index contributed by atoms with van der Waals surface area (Å²) in [5.74, 6) is 2.03. The molecule has 0 aliphatic carbocycles. The zero-order valence-electron chi connectivity index (χ0n) is 6.63. The molecule has 0 radical (unpaired) electrons. The zero-order chi connectivity index (χ0) is 8.97. The first kappa shape index (κ1) is 8.47. The van der Waals surface area contributed by atoms with Crippen molar-refractivity contribution in [1.29, 1.82) is 0 Å². The minimum absolute atomic E-state index is 0.153. The number of hydrogen-bond acceptors (Lipinski definition) is 3. The van der Waals surface area contributed by atoms with Crippen molar-refractivity contribution in [2.24, 2.45) is 0 Å². The fraction of sp³-hybridized carbons (Fsp3) is 0.250. The second-order valence-electron chi connectivity index (χ2n) is 2.18. The van der Waals surface area contributed by atoms with E-state index >= 15 is 0 Å². The van der Waals surface area contributed by atoms with E-state index in [2.05, 4.69) is 21.2 Å². The number of anilines is 1. The van der Waals surface area contributed by atoms with E-state index in [1.54, 1.807) is 6.92 Å².